The summed E-state index contributed by atoms with van der Waals surface area (Å²) >= 11 is 0. The van der Waals surface area contributed by atoms with E-state index in [9.17, 15) is 14.4 Å². The Kier molecular flexibility index (Phi) is 15.1. The van der Waals surface area contributed by atoms with Crippen LogP contribution >= 0.6 is 0 Å². The molecular formula is C30H41N3O4. The number of nitrogens with one attached hydrogen (secondary N) is 2. The van der Waals surface area contributed by atoms with Gasteiger partial charge < -0.3 is 10.1 Å². The van der Waals surface area contributed by atoms with Crippen LogP contribution in [0.5, 0.6) is 5.75 Å². The minimum Gasteiger partial charge on any atom is -0.423 e. The van der Waals surface area contributed by atoms with Gasteiger partial charge in [-0.1, -0.05) is 89.3 Å². The molecule has 0 saturated heterocycles. The lowest BCUT2D eigenvalue weighted by molar-refractivity contribution is -0.126. The van der Waals surface area contributed by atoms with Crippen molar-refractivity contribution in [3.63, 3.8) is 0 Å². The van der Waals surface area contributed by atoms with Gasteiger partial charge in [0.1, 0.15) is 5.75 Å². The van der Waals surface area contributed by atoms with Gasteiger partial charge in [-0.25, -0.2) is 10.2 Å². The van der Waals surface area contributed by atoms with Gasteiger partial charge >= 0.3 is 5.97 Å². The third-order valence-electron chi connectivity index (χ3n) is 5.96. The topological polar surface area (TPSA) is 96.9 Å². The molecule has 37 heavy (non-hydrogen) atoms. The predicted molar refractivity (Wildman–Crippen MR) is 148 cm³/mol. The van der Waals surface area contributed by atoms with Gasteiger partial charge in [0.05, 0.1) is 18.3 Å². The molecule has 2 aromatic carbocycles. The van der Waals surface area contributed by atoms with E-state index in [0.717, 1.165) is 24.8 Å². The Bertz CT molecular complexity index is 959. The smallest absolute Gasteiger partial charge is 0.343 e. The lowest BCUT2D eigenvalue weighted by atomic mass is 10.1. The van der Waals surface area contributed by atoms with Gasteiger partial charge in [0.15, 0.2) is 0 Å². The van der Waals surface area contributed by atoms with E-state index in [1.54, 1.807) is 48.5 Å². The van der Waals surface area contributed by atoms with Crippen LogP contribution in [-0.4, -0.2) is 30.5 Å². The number of nitrogens with zero attached hydrogens (tertiary/aromatic N) is 1. The zero-order valence-corrected chi connectivity index (χ0v) is 22.0. The largest absolute Gasteiger partial charge is 0.423 e. The fourth-order valence-electron chi connectivity index (χ4n) is 3.80. The molecule has 7 heteroatoms. The van der Waals surface area contributed by atoms with Crippen LogP contribution in [-0.2, 0) is 9.59 Å². The number of unbranched alkanes of at least 4 members (excludes halogenated alkanes) is 10. The maximum atomic E-state index is 12.1. The maximum Gasteiger partial charge on any atom is 0.343 e. The molecule has 2 N–H and O–H groups in total. The number of rotatable bonds is 18. The van der Waals surface area contributed by atoms with E-state index in [1.165, 1.54) is 57.6 Å². The Morgan fingerprint density at radius 1 is 0.757 bits per heavy atom. The monoisotopic (exact) mass is 507 g/mol. The summed E-state index contributed by atoms with van der Waals surface area (Å²) in [5, 5.41) is 6.54. The molecule has 200 valence electrons. The molecule has 0 bridgehead atoms. The number of ether oxygens (including phenoxy) is 1. The lowest BCUT2D eigenvalue weighted by Gasteiger charge is -2.05. The van der Waals surface area contributed by atoms with Crippen molar-refractivity contribution < 1.29 is 19.1 Å². The van der Waals surface area contributed by atoms with Gasteiger partial charge in [-0.05, 0) is 48.4 Å². The molecule has 0 unspecified atom stereocenters. The second kappa shape index (κ2) is 18.7. The van der Waals surface area contributed by atoms with Crippen LogP contribution in [0.3, 0.4) is 0 Å². The molecule has 0 spiro atoms. The van der Waals surface area contributed by atoms with Crippen LogP contribution in [0.2, 0.25) is 0 Å². The van der Waals surface area contributed by atoms with Crippen molar-refractivity contribution in [1.82, 2.24) is 10.7 Å². The zero-order valence-electron chi connectivity index (χ0n) is 22.0. The summed E-state index contributed by atoms with van der Waals surface area (Å²) in [7, 11) is 0. The molecule has 7 nitrogen and oxygen atoms in total. The van der Waals surface area contributed by atoms with Crippen LogP contribution in [0.4, 0.5) is 0 Å². The molecule has 0 aliphatic rings. The number of hydrogen-bond acceptors (Lipinski definition) is 5. The highest BCUT2D eigenvalue weighted by molar-refractivity contribution is 5.91. The van der Waals surface area contributed by atoms with E-state index in [1.807, 2.05) is 6.07 Å². The molecule has 2 aromatic rings. The van der Waals surface area contributed by atoms with Gasteiger partial charge in [0.2, 0.25) is 5.91 Å². The molecule has 2 rings (SSSR count). The lowest BCUT2D eigenvalue weighted by Crippen LogP contribution is -2.34. The average molecular weight is 508 g/mol. The number of hydrazone groups is 1. The van der Waals surface area contributed by atoms with Gasteiger partial charge in [0.25, 0.3) is 5.91 Å². The van der Waals surface area contributed by atoms with Crippen molar-refractivity contribution >= 4 is 24.0 Å². The van der Waals surface area contributed by atoms with Crippen LogP contribution in [0, 0.1) is 0 Å². The minimum absolute atomic E-state index is 0.109. The maximum absolute atomic E-state index is 12.1. The van der Waals surface area contributed by atoms with Gasteiger partial charge in [-0.15, -0.1) is 0 Å². The first kappa shape index (κ1) is 29.7. The molecule has 2 amide bonds. The second-order valence-electron chi connectivity index (χ2n) is 9.18. The Morgan fingerprint density at radius 3 is 1.97 bits per heavy atom. The SMILES string of the molecule is CCCCCCCCCCCCCC(=O)NCC(=O)N/N=C\c1ccc(OC(=O)c2ccccc2)cc1. The Morgan fingerprint density at radius 2 is 1.35 bits per heavy atom. The number of esters is 1. The van der Waals surface area contributed by atoms with Crippen molar-refractivity contribution in [3.05, 3.63) is 65.7 Å². The van der Waals surface area contributed by atoms with Crippen molar-refractivity contribution in [2.24, 2.45) is 5.10 Å². The van der Waals surface area contributed by atoms with E-state index in [4.69, 9.17) is 4.74 Å². The van der Waals surface area contributed by atoms with Crippen molar-refractivity contribution in [1.29, 1.82) is 0 Å². The Labute approximate surface area is 221 Å². The molecular weight excluding hydrogens is 466 g/mol. The average Bonchev–Trinajstić information content (AvgIpc) is 2.92. The normalized spacial score (nSPS) is 10.8. The molecule has 0 fully saturated rings. The number of amides is 2. The van der Waals surface area contributed by atoms with Crippen molar-refractivity contribution in [3.8, 4) is 5.75 Å². The van der Waals surface area contributed by atoms with Gasteiger partial charge in [0, 0.05) is 6.42 Å². The van der Waals surface area contributed by atoms with Crippen LogP contribution in [0.25, 0.3) is 0 Å². The zero-order chi connectivity index (χ0) is 26.6. The van der Waals surface area contributed by atoms with Crippen molar-refractivity contribution in [2.45, 2.75) is 84.0 Å². The first-order valence-corrected chi connectivity index (χ1v) is 13.5. The second-order valence-corrected chi connectivity index (χ2v) is 9.18. The summed E-state index contributed by atoms with van der Waals surface area (Å²) in [6.45, 7) is 2.13. The third-order valence-corrected chi connectivity index (χ3v) is 5.96. The summed E-state index contributed by atoms with van der Waals surface area (Å²) in [5.41, 5.74) is 3.59. The summed E-state index contributed by atoms with van der Waals surface area (Å²) in [6.07, 6.45) is 15.5. The Hall–Kier alpha value is -3.48. The molecule has 0 saturated carbocycles. The fraction of sp³-hybridized carbons (Fsp3) is 0.467. The first-order chi connectivity index (χ1) is 18.1. The Balaban J connectivity index is 1.51. The van der Waals surface area contributed by atoms with E-state index in [-0.39, 0.29) is 12.5 Å². The number of carbonyl (C=O) groups is 3. The third kappa shape index (κ3) is 14.0. The number of hydrogen-bond donors (Lipinski definition) is 2. The summed E-state index contributed by atoms with van der Waals surface area (Å²) in [4.78, 5) is 35.9. The molecule has 0 atom stereocenters. The highest BCUT2D eigenvalue weighted by Gasteiger charge is 2.07. The van der Waals surface area contributed by atoms with Crippen LogP contribution < -0.4 is 15.5 Å². The molecule has 0 radical (unpaired) electrons. The van der Waals surface area contributed by atoms with Crippen molar-refractivity contribution in [2.75, 3.05) is 6.54 Å². The predicted octanol–water partition coefficient (Wildman–Crippen LogP) is 6.17. The molecule has 0 aliphatic carbocycles. The fourth-order valence-corrected chi connectivity index (χ4v) is 3.80. The van der Waals surface area contributed by atoms with E-state index < -0.39 is 11.9 Å². The van der Waals surface area contributed by atoms with E-state index in [0.29, 0.717) is 17.7 Å². The number of benzene rings is 2. The molecule has 0 aliphatic heterocycles. The molecule has 0 heterocycles. The molecule has 0 aromatic heterocycles. The quantitative estimate of drug-likeness (QED) is 0.0828. The van der Waals surface area contributed by atoms with E-state index in [2.05, 4.69) is 22.8 Å². The summed E-state index contributed by atoms with van der Waals surface area (Å²) in [5.74, 6) is -0.525. The summed E-state index contributed by atoms with van der Waals surface area (Å²) < 4.78 is 5.33. The van der Waals surface area contributed by atoms with E-state index >= 15 is 0 Å². The van der Waals surface area contributed by atoms with Gasteiger partial charge in [-0.2, -0.15) is 5.10 Å². The highest BCUT2D eigenvalue weighted by Crippen LogP contribution is 2.14. The van der Waals surface area contributed by atoms with Crippen LogP contribution in [0.15, 0.2) is 59.7 Å². The number of carbonyl (C=O) groups excluding carboxylic acids is 3. The summed E-state index contributed by atoms with van der Waals surface area (Å²) in [6, 6.07) is 15.5. The standard InChI is InChI=1S/C30H41N3O4/c1-2-3-4-5-6-7-8-9-10-11-15-18-28(34)31-24-29(35)33-32-23-25-19-21-27(22-20-25)37-30(36)26-16-13-12-14-17-26/h12-14,16-17,19-23H,2-11,15,18,24H2,1H3,(H,31,34)(H,33,35)/b32-23-. The van der Waals surface area contributed by atoms with Gasteiger partial charge in [-0.3, -0.25) is 9.59 Å². The minimum atomic E-state index is -0.431. The first-order valence-electron chi connectivity index (χ1n) is 13.5. The highest BCUT2D eigenvalue weighted by atomic mass is 16.5. The van der Waals surface area contributed by atoms with Crippen LogP contribution in [0.1, 0.15) is 99.9 Å².